The summed E-state index contributed by atoms with van der Waals surface area (Å²) in [6.07, 6.45) is 2.38. The van der Waals surface area contributed by atoms with Crippen LogP contribution in [-0.2, 0) is 19.5 Å². The smallest absolute Gasteiger partial charge is 0.318 e. The summed E-state index contributed by atoms with van der Waals surface area (Å²) < 4.78 is 0. The molecule has 3 aromatic rings. The Morgan fingerprint density at radius 1 is 1.20 bits per heavy atom. The lowest BCUT2D eigenvalue weighted by Gasteiger charge is -2.27. The van der Waals surface area contributed by atoms with Crippen LogP contribution in [0.3, 0.4) is 0 Å². The molecule has 0 fully saturated rings. The maximum absolute atomic E-state index is 12.5. The van der Waals surface area contributed by atoms with Crippen molar-refractivity contribution in [3.63, 3.8) is 0 Å². The largest absolute Gasteiger partial charge is 0.332 e. The van der Waals surface area contributed by atoms with Crippen molar-refractivity contribution in [2.45, 2.75) is 19.5 Å². The first-order valence-electron chi connectivity index (χ1n) is 8.22. The molecule has 0 spiro atoms. The topological polar surface area (TPSA) is 86.8 Å². The van der Waals surface area contributed by atoms with E-state index in [0.29, 0.717) is 19.6 Å². The molecule has 126 valence electrons. The van der Waals surface area contributed by atoms with Crippen LogP contribution in [0.4, 0.5) is 4.79 Å². The minimum absolute atomic E-state index is 0.100. The molecule has 0 bridgehead atoms. The number of benzene rings is 1. The molecule has 1 aliphatic heterocycles. The summed E-state index contributed by atoms with van der Waals surface area (Å²) in [4.78, 5) is 14.3. The fourth-order valence-electron chi connectivity index (χ4n) is 3.01. The average Bonchev–Trinajstić information content (AvgIpc) is 3.11. The summed E-state index contributed by atoms with van der Waals surface area (Å²) in [5.41, 5.74) is 4.91. The lowest BCUT2D eigenvalue weighted by Crippen LogP contribution is -2.42. The number of hydrogen-bond donors (Lipinski definition) is 2. The number of rotatable bonds is 3. The third-order valence-electron chi connectivity index (χ3n) is 4.32. The van der Waals surface area contributed by atoms with Gasteiger partial charge in [-0.3, -0.25) is 5.10 Å². The Kier molecular flexibility index (Phi) is 4.12. The Morgan fingerprint density at radius 3 is 2.88 bits per heavy atom. The predicted octanol–water partition coefficient (Wildman–Crippen LogP) is 2.13. The summed E-state index contributed by atoms with van der Waals surface area (Å²) in [7, 11) is 0. The molecule has 0 saturated heterocycles. The number of nitrogens with zero attached hydrogens (tertiary/aromatic N) is 4. The van der Waals surface area contributed by atoms with E-state index in [1.54, 1.807) is 17.2 Å². The highest BCUT2D eigenvalue weighted by molar-refractivity contribution is 5.75. The average molecular weight is 334 g/mol. The Labute approximate surface area is 145 Å². The minimum Gasteiger partial charge on any atom is -0.332 e. The van der Waals surface area contributed by atoms with Gasteiger partial charge in [-0.2, -0.15) is 15.3 Å². The SMILES string of the molecule is O=C(NCc1cccnn1)N1CCc2[nH]nc(-c3ccccc3)c2C1. The first-order valence-corrected chi connectivity index (χ1v) is 8.22. The van der Waals surface area contributed by atoms with Gasteiger partial charge < -0.3 is 10.2 Å². The number of nitrogens with one attached hydrogen (secondary N) is 2. The van der Waals surface area contributed by atoms with Gasteiger partial charge in [0.15, 0.2) is 0 Å². The zero-order valence-electron chi connectivity index (χ0n) is 13.6. The van der Waals surface area contributed by atoms with E-state index >= 15 is 0 Å². The van der Waals surface area contributed by atoms with E-state index < -0.39 is 0 Å². The van der Waals surface area contributed by atoms with Crippen molar-refractivity contribution in [3.05, 3.63) is 65.6 Å². The molecule has 7 nitrogen and oxygen atoms in total. The number of aromatic nitrogens is 4. The Hall–Kier alpha value is -3.22. The van der Waals surface area contributed by atoms with E-state index in [1.165, 1.54) is 0 Å². The number of amides is 2. The van der Waals surface area contributed by atoms with Gasteiger partial charge in [0.05, 0.1) is 24.5 Å². The highest BCUT2D eigenvalue weighted by Crippen LogP contribution is 2.28. The van der Waals surface area contributed by atoms with Crippen LogP contribution in [0.15, 0.2) is 48.7 Å². The van der Waals surface area contributed by atoms with Crippen LogP contribution in [0, 0.1) is 0 Å². The molecule has 2 amide bonds. The zero-order chi connectivity index (χ0) is 17.1. The summed E-state index contributed by atoms with van der Waals surface area (Å²) >= 11 is 0. The molecule has 0 saturated carbocycles. The first-order chi connectivity index (χ1) is 12.3. The van der Waals surface area contributed by atoms with E-state index in [0.717, 1.165) is 34.6 Å². The van der Waals surface area contributed by atoms with Gasteiger partial charge in [-0.1, -0.05) is 30.3 Å². The third kappa shape index (κ3) is 3.21. The van der Waals surface area contributed by atoms with Crippen molar-refractivity contribution in [3.8, 4) is 11.3 Å². The van der Waals surface area contributed by atoms with Crippen LogP contribution < -0.4 is 5.32 Å². The van der Waals surface area contributed by atoms with Gasteiger partial charge >= 0.3 is 6.03 Å². The van der Waals surface area contributed by atoms with E-state index in [1.807, 2.05) is 36.4 Å². The number of carbonyl (C=O) groups is 1. The summed E-state index contributed by atoms with van der Waals surface area (Å²) in [6, 6.07) is 13.6. The van der Waals surface area contributed by atoms with Crippen molar-refractivity contribution in [2.24, 2.45) is 0 Å². The molecular formula is C18H18N6O. The number of urea groups is 1. The molecule has 25 heavy (non-hydrogen) atoms. The molecule has 0 unspecified atom stereocenters. The van der Waals surface area contributed by atoms with E-state index in [4.69, 9.17) is 0 Å². The van der Waals surface area contributed by atoms with Crippen LogP contribution in [-0.4, -0.2) is 37.9 Å². The molecule has 1 aliphatic rings. The van der Waals surface area contributed by atoms with E-state index in [2.05, 4.69) is 25.7 Å². The Balaban J connectivity index is 1.47. The molecule has 3 heterocycles. The Bertz CT molecular complexity index is 862. The molecule has 7 heteroatoms. The van der Waals surface area contributed by atoms with E-state index in [9.17, 15) is 4.79 Å². The van der Waals surface area contributed by atoms with Crippen LogP contribution >= 0.6 is 0 Å². The first kappa shape index (κ1) is 15.3. The van der Waals surface area contributed by atoms with Crippen LogP contribution in [0.25, 0.3) is 11.3 Å². The van der Waals surface area contributed by atoms with Crippen molar-refractivity contribution < 1.29 is 4.79 Å². The van der Waals surface area contributed by atoms with Crippen LogP contribution in [0.5, 0.6) is 0 Å². The second-order valence-corrected chi connectivity index (χ2v) is 5.94. The lowest BCUT2D eigenvalue weighted by atomic mass is 10.0. The van der Waals surface area contributed by atoms with E-state index in [-0.39, 0.29) is 6.03 Å². The highest BCUT2D eigenvalue weighted by atomic mass is 16.2. The quantitative estimate of drug-likeness (QED) is 0.768. The standard InChI is InChI=1S/C18H18N6O/c25-18(19-11-14-7-4-9-20-21-14)24-10-8-16-15(12-24)17(23-22-16)13-5-2-1-3-6-13/h1-7,9H,8,10-12H2,(H,19,25)(H,22,23). The van der Waals surface area contributed by atoms with Gasteiger partial charge in [0.1, 0.15) is 0 Å². The van der Waals surface area contributed by atoms with Gasteiger partial charge in [0.2, 0.25) is 0 Å². The predicted molar refractivity (Wildman–Crippen MR) is 92.4 cm³/mol. The molecule has 0 aliphatic carbocycles. The molecule has 2 aromatic heterocycles. The van der Waals surface area contributed by atoms with Crippen LogP contribution in [0.1, 0.15) is 17.0 Å². The number of aromatic amines is 1. The molecule has 1 aromatic carbocycles. The molecular weight excluding hydrogens is 316 g/mol. The molecule has 0 radical (unpaired) electrons. The van der Waals surface area contributed by atoms with Crippen molar-refractivity contribution in [2.75, 3.05) is 6.54 Å². The number of hydrogen-bond acceptors (Lipinski definition) is 4. The van der Waals surface area contributed by atoms with Gasteiger partial charge in [0.25, 0.3) is 0 Å². The zero-order valence-corrected chi connectivity index (χ0v) is 13.6. The number of fused-ring (bicyclic) bond motifs is 1. The second-order valence-electron chi connectivity index (χ2n) is 5.94. The molecule has 0 atom stereocenters. The monoisotopic (exact) mass is 334 g/mol. The summed E-state index contributed by atoms with van der Waals surface area (Å²) in [5.74, 6) is 0. The maximum Gasteiger partial charge on any atom is 0.318 e. The lowest BCUT2D eigenvalue weighted by molar-refractivity contribution is 0.191. The van der Waals surface area contributed by atoms with Gasteiger partial charge in [0, 0.05) is 36.0 Å². The van der Waals surface area contributed by atoms with Gasteiger partial charge in [-0.15, -0.1) is 0 Å². The number of H-pyrrole nitrogens is 1. The van der Waals surface area contributed by atoms with Crippen LogP contribution in [0.2, 0.25) is 0 Å². The molecule has 4 rings (SSSR count). The summed E-state index contributed by atoms with van der Waals surface area (Å²) in [5, 5.41) is 18.3. The van der Waals surface area contributed by atoms with Crippen molar-refractivity contribution in [1.82, 2.24) is 30.6 Å². The summed E-state index contributed by atoms with van der Waals surface area (Å²) in [6.45, 7) is 1.57. The van der Waals surface area contributed by atoms with Gasteiger partial charge in [-0.25, -0.2) is 4.79 Å². The van der Waals surface area contributed by atoms with Crippen molar-refractivity contribution in [1.29, 1.82) is 0 Å². The molecule has 2 N–H and O–H groups in total. The third-order valence-corrected chi connectivity index (χ3v) is 4.32. The van der Waals surface area contributed by atoms with Gasteiger partial charge in [-0.05, 0) is 12.1 Å². The number of carbonyl (C=O) groups excluding carboxylic acids is 1. The fourth-order valence-corrected chi connectivity index (χ4v) is 3.01. The highest BCUT2D eigenvalue weighted by Gasteiger charge is 2.25. The maximum atomic E-state index is 12.5. The fraction of sp³-hybridized carbons (Fsp3) is 0.222. The van der Waals surface area contributed by atoms with Crippen molar-refractivity contribution >= 4 is 6.03 Å². The normalized spacial score (nSPS) is 13.4. The Morgan fingerprint density at radius 2 is 2.08 bits per heavy atom. The second kappa shape index (κ2) is 6.72. The minimum atomic E-state index is -0.100.